The molecule has 0 heterocycles. The van der Waals surface area contributed by atoms with Crippen LogP contribution in [0, 0.1) is 0 Å². The zero-order valence-corrected chi connectivity index (χ0v) is 5.45. The normalized spacial score (nSPS) is 41.3. The second kappa shape index (κ2) is 1.66. The third-order valence-corrected chi connectivity index (χ3v) is 1.72. The van der Waals surface area contributed by atoms with Crippen LogP contribution < -0.4 is 5.73 Å². The van der Waals surface area contributed by atoms with Crippen LogP contribution in [0.4, 0.5) is 8.78 Å². The van der Waals surface area contributed by atoms with Crippen molar-refractivity contribution in [2.75, 3.05) is 0 Å². The van der Waals surface area contributed by atoms with E-state index < -0.39 is 11.5 Å². The Labute approximate surface area is 53.2 Å². The van der Waals surface area contributed by atoms with Crippen molar-refractivity contribution >= 4 is 0 Å². The minimum atomic E-state index is -2.50. The Morgan fingerprint density at radius 2 is 1.89 bits per heavy atom. The molecule has 54 valence electrons. The van der Waals surface area contributed by atoms with Gasteiger partial charge in [0.1, 0.15) is 0 Å². The molecule has 1 atom stereocenters. The van der Waals surface area contributed by atoms with Gasteiger partial charge >= 0.3 is 0 Å². The summed E-state index contributed by atoms with van der Waals surface area (Å²) in [6, 6.07) is 0. The van der Waals surface area contributed by atoms with Crippen molar-refractivity contribution < 1.29 is 8.78 Å². The maximum atomic E-state index is 12.4. The third-order valence-electron chi connectivity index (χ3n) is 1.72. The molecular formula is C6H11F2N. The van der Waals surface area contributed by atoms with E-state index in [1.54, 1.807) is 6.92 Å². The molecule has 0 aromatic rings. The van der Waals surface area contributed by atoms with Crippen molar-refractivity contribution in [1.29, 1.82) is 0 Å². The molecule has 2 N–H and O–H groups in total. The van der Waals surface area contributed by atoms with Crippen molar-refractivity contribution in [2.45, 2.75) is 37.6 Å². The Morgan fingerprint density at radius 1 is 1.33 bits per heavy atom. The quantitative estimate of drug-likeness (QED) is 0.535. The molecule has 0 spiro atoms. The monoisotopic (exact) mass is 135 g/mol. The first-order valence-electron chi connectivity index (χ1n) is 3.08. The minimum Gasteiger partial charge on any atom is -0.325 e. The maximum absolute atomic E-state index is 12.4. The summed E-state index contributed by atoms with van der Waals surface area (Å²) in [6.45, 7) is 1.67. The van der Waals surface area contributed by atoms with Crippen LogP contribution in [0.25, 0.3) is 0 Å². The average Bonchev–Trinajstić information content (AvgIpc) is 1.78. The number of hydrogen-bond acceptors (Lipinski definition) is 1. The fourth-order valence-corrected chi connectivity index (χ4v) is 1.24. The highest BCUT2D eigenvalue weighted by Crippen LogP contribution is 2.39. The third kappa shape index (κ3) is 1.61. The number of nitrogens with two attached hydrogens (primary N) is 1. The van der Waals surface area contributed by atoms with Gasteiger partial charge in [0, 0.05) is 18.4 Å². The highest BCUT2D eigenvalue weighted by atomic mass is 19.3. The summed E-state index contributed by atoms with van der Waals surface area (Å²) in [5, 5.41) is 0. The molecule has 1 nitrogen and oxygen atoms in total. The summed E-state index contributed by atoms with van der Waals surface area (Å²) >= 11 is 0. The molecular weight excluding hydrogens is 124 g/mol. The second-order valence-corrected chi connectivity index (χ2v) is 3.19. The van der Waals surface area contributed by atoms with Gasteiger partial charge in [0.25, 0.3) is 0 Å². The fraction of sp³-hybridized carbons (Fsp3) is 1.00. The Hall–Kier alpha value is -0.180. The fourth-order valence-electron chi connectivity index (χ4n) is 1.24. The Bertz CT molecular complexity index is 106. The van der Waals surface area contributed by atoms with E-state index in [1.807, 2.05) is 0 Å². The Morgan fingerprint density at radius 3 is 2.00 bits per heavy atom. The van der Waals surface area contributed by atoms with Gasteiger partial charge in [-0.1, -0.05) is 0 Å². The topological polar surface area (TPSA) is 26.0 Å². The Balaban J connectivity index is 2.58. The van der Waals surface area contributed by atoms with E-state index in [1.165, 1.54) is 0 Å². The largest absolute Gasteiger partial charge is 0.325 e. The first-order valence-corrected chi connectivity index (χ1v) is 3.08. The molecule has 0 aromatic heterocycles. The molecule has 0 unspecified atom stereocenters. The van der Waals surface area contributed by atoms with Gasteiger partial charge in [0.15, 0.2) is 0 Å². The highest BCUT2D eigenvalue weighted by molar-refractivity contribution is 4.93. The summed E-state index contributed by atoms with van der Waals surface area (Å²) in [7, 11) is 0. The molecule has 9 heavy (non-hydrogen) atoms. The van der Waals surface area contributed by atoms with Crippen LogP contribution in [0.5, 0.6) is 0 Å². The number of rotatable bonds is 0. The first kappa shape index (κ1) is 6.93. The van der Waals surface area contributed by atoms with Crippen molar-refractivity contribution in [3.05, 3.63) is 0 Å². The lowest BCUT2D eigenvalue weighted by molar-refractivity contribution is 0.00414. The number of halogens is 2. The molecule has 1 saturated carbocycles. The molecule has 1 aliphatic rings. The molecule has 0 amide bonds. The molecule has 1 fully saturated rings. The molecule has 3 heteroatoms. The predicted octanol–water partition coefficient (Wildman–Crippen LogP) is 1.52. The van der Waals surface area contributed by atoms with Crippen molar-refractivity contribution in [2.24, 2.45) is 5.73 Å². The molecule has 0 radical (unpaired) electrons. The molecule has 1 aliphatic carbocycles. The van der Waals surface area contributed by atoms with E-state index in [9.17, 15) is 8.78 Å². The van der Waals surface area contributed by atoms with Crippen molar-refractivity contribution in [3.63, 3.8) is 0 Å². The van der Waals surface area contributed by atoms with Gasteiger partial charge in [0.05, 0.1) is 0 Å². The predicted molar refractivity (Wildman–Crippen MR) is 31.4 cm³/mol. The summed E-state index contributed by atoms with van der Waals surface area (Å²) in [6.07, 6.45) is 0.250. The van der Waals surface area contributed by atoms with Crippen LogP contribution in [-0.4, -0.2) is 11.5 Å². The summed E-state index contributed by atoms with van der Waals surface area (Å²) in [4.78, 5) is 0. The SMILES string of the molecule is C[C@@]1(N)CCC(F)(F)C1. The van der Waals surface area contributed by atoms with Crippen LogP contribution >= 0.6 is 0 Å². The van der Waals surface area contributed by atoms with E-state index in [0.29, 0.717) is 6.42 Å². The lowest BCUT2D eigenvalue weighted by Crippen LogP contribution is -2.33. The zero-order chi connectivity index (χ0) is 7.12. The second-order valence-electron chi connectivity index (χ2n) is 3.19. The summed E-state index contributed by atoms with van der Waals surface area (Å²) in [5.41, 5.74) is 4.85. The van der Waals surface area contributed by atoms with Crippen LogP contribution in [0.1, 0.15) is 26.2 Å². The van der Waals surface area contributed by atoms with E-state index in [4.69, 9.17) is 5.73 Å². The molecule has 0 bridgehead atoms. The van der Waals surface area contributed by atoms with E-state index >= 15 is 0 Å². The Kier molecular flexibility index (Phi) is 1.28. The van der Waals surface area contributed by atoms with E-state index in [0.717, 1.165) is 0 Å². The summed E-state index contributed by atoms with van der Waals surface area (Å²) < 4.78 is 24.7. The van der Waals surface area contributed by atoms with Gasteiger partial charge in [0.2, 0.25) is 5.92 Å². The van der Waals surface area contributed by atoms with Gasteiger partial charge in [-0.15, -0.1) is 0 Å². The smallest absolute Gasteiger partial charge is 0.250 e. The van der Waals surface area contributed by atoms with E-state index in [-0.39, 0.29) is 12.8 Å². The minimum absolute atomic E-state index is 0.0417. The van der Waals surface area contributed by atoms with Crippen molar-refractivity contribution in [1.82, 2.24) is 0 Å². The lowest BCUT2D eigenvalue weighted by atomic mass is 10.0. The first-order chi connectivity index (χ1) is 3.91. The molecule has 0 aromatic carbocycles. The van der Waals surface area contributed by atoms with Crippen LogP contribution in [0.3, 0.4) is 0 Å². The standard InChI is InChI=1S/C6H11F2N/c1-5(9)2-3-6(7,8)4-5/h2-4,9H2,1H3/t5-/m1/s1. The molecule has 0 aliphatic heterocycles. The van der Waals surface area contributed by atoms with Crippen LogP contribution in [0.15, 0.2) is 0 Å². The number of alkyl halides is 2. The zero-order valence-electron chi connectivity index (χ0n) is 5.45. The van der Waals surface area contributed by atoms with Gasteiger partial charge in [-0.3, -0.25) is 0 Å². The van der Waals surface area contributed by atoms with Gasteiger partial charge in [-0.05, 0) is 13.3 Å². The number of hydrogen-bond donors (Lipinski definition) is 1. The van der Waals surface area contributed by atoms with Crippen molar-refractivity contribution in [3.8, 4) is 0 Å². The van der Waals surface area contributed by atoms with Gasteiger partial charge < -0.3 is 5.73 Å². The molecule has 0 saturated heterocycles. The van der Waals surface area contributed by atoms with Crippen LogP contribution in [0.2, 0.25) is 0 Å². The van der Waals surface area contributed by atoms with Crippen LogP contribution in [-0.2, 0) is 0 Å². The van der Waals surface area contributed by atoms with Gasteiger partial charge in [-0.2, -0.15) is 0 Å². The maximum Gasteiger partial charge on any atom is 0.250 e. The summed E-state index contributed by atoms with van der Waals surface area (Å²) in [5.74, 6) is -2.50. The average molecular weight is 135 g/mol. The lowest BCUT2D eigenvalue weighted by Gasteiger charge is -2.16. The molecule has 1 rings (SSSR count). The van der Waals surface area contributed by atoms with Gasteiger partial charge in [-0.25, -0.2) is 8.78 Å². The highest BCUT2D eigenvalue weighted by Gasteiger charge is 2.44. The van der Waals surface area contributed by atoms with E-state index in [2.05, 4.69) is 0 Å².